The number of hydrogen-bond acceptors (Lipinski definition) is 15. The predicted molar refractivity (Wildman–Crippen MR) is 409 cm³/mol. The number of esters is 4. The smallest absolute Gasteiger partial charge is 0.462 e. The highest BCUT2D eigenvalue weighted by atomic mass is 31.2. The van der Waals surface area contributed by atoms with Crippen molar-refractivity contribution >= 4 is 39.5 Å². The van der Waals surface area contributed by atoms with Crippen LogP contribution in [-0.4, -0.2) is 96.7 Å². The third-order valence-electron chi connectivity index (χ3n) is 18.9. The summed E-state index contributed by atoms with van der Waals surface area (Å²) in [6.07, 6.45) is 60.1. The van der Waals surface area contributed by atoms with E-state index >= 15 is 0 Å². The number of ether oxygens (including phenoxy) is 4. The number of unbranched alkanes of at least 4 members (excludes halogenated alkanes) is 47. The zero-order chi connectivity index (χ0) is 73.7. The molecule has 0 amide bonds. The van der Waals surface area contributed by atoms with Crippen LogP contribution in [0.2, 0.25) is 0 Å². The Bertz CT molecular complexity index is 1940. The minimum Gasteiger partial charge on any atom is -0.462 e. The van der Waals surface area contributed by atoms with Crippen molar-refractivity contribution in [2.45, 2.75) is 439 Å². The Morgan fingerprint density at radius 2 is 0.460 bits per heavy atom. The molecule has 0 saturated heterocycles. The van der Waals surface area contributed by atoms with Gasteiger partial charge in [-0.1, -0.05) is 370 Å². The van der Waals surface area contributed by atoms with Gasteiger partial charge in [-0.2, -0.15) is 0 Å². The predicted octanol–water partition coefficient (Wildman–Crippen LogP) is 24.1. The maximum absolute atomic E-state index is 13.1. The molecule has 0 aromatic carbocycles. The molecule has 594 valence electrons. The van der Waals surface area contributed by atoms with E-state index in [0.29, 0.717) is 31.6 Å². The fraction of sp³-hybridized carbons (Fsp3) is 0.951. The Kier molecular flexibility index (Phi) is 69.9. The van der Waals surface area contributed by atoms with Gasteiger partial charge in [-0.25, -0.2) is 9.13 Å². The minimum absolute atomic E-state index is 0.104. The second-order valence-electron chi connectivity index (χ2n) is 30.6. The molecule has 17 nitrogen and oxygen atoms in total. The average molecular weight is 1470 g/mol. The van der Waals surface area contributed by atoms with E-state index < -0.39 is 97.5 Å². The fourth-order valence-electron chi connectivity index (χ4n) is 12.5. The van der Waals surface area contributed by atoms with Gasteiger partial charge in [-0.15, -0.1) is 0 Å². The average Bonchev–Trinajstić information content (AvgIpc) is 0.919. The lowest BCUT2D eigenvalue weighted by atomic mass is 10.0. The number of phosphoric acid groups is 2. The minimum atomic E-state index is -4.96. The lowest BCUT2D eigenvalue weighted by Crippen LogP contribution is -2.30. The Labute approximate surface area is 613 Å². The molecular weight excluding hydrogens is 1310 g/mol. The molecule has 0 fully saturated rings. The van der Waals surface area contributed by atoms with E-state index in [9.17, 15) is 43.2 Å². The summed E-state index contributed by atoms with van der Waals surface area (Å²) >= 11 is 0. The van der Waals surface area contributed by atoms with Crippen molar-refractivity contribution in [3.05, 3.63) is 0 Å². The van der Waals surface area contributed by atoms with Crippen LogP contribution in [0.1, 0.15) is 421 Å². The van der Waals surface area contributed by atoms with Gasteiger partial charge in [0.05, 0.1) is 26.4 Å². The highest BCUT2D eigenvalue weighted by Crippen LogP contribution is 2.45. The van der Waals surface area contributed by atoms with Gasteiger partial charge < -0.3 is 33.8 Å². The van der Waals surface area contributed by atoms with Crippen LogP contribution in [0.15, 0.2) is 0 Å². The van der Waals surface area contributed by atoms with Crippen LogP contribution in [0.5, 0.6) is 0 Å². The Balaban J connectivity index is 5.19. The summed E-state index contributed by atoms with van der Waals surface area (Å²) in [6.45, 7) is 11.8. The van der Waals surface area contributed by atoms with Crippen LogP contribution in [0.25, 0.3) is 0 Å². The van der Waals surface area contributed by atoms with Crippen LogP contribution in [0.3, 0.4) is 0 Å². The standard InChI is InChI=1S/C81H158O17P2/c1-8-9-10-11-12-13-14-15-16-17-18-19-20-21-22-23-28-31-36-41-50-57-64-80(85)97-76(68-91-78(83)62-55-48-40-35-30-27-25-24-26-29-33-38-45-52-59-72(2)3)70-95-99(87,88)93-66-75(82)67-94-100(89,90)96-71-77(69-92-79(84)63-56-49-44-43-47-54-61-74(6)7)98-81(86)65-58-51-42-37-32-34-39-46-53-60-73(4)5/h72-77,82H,8-71H2,1-7H3,(H,87,88)(H,89,90)/t75-,76-,77-/m1/s1. The van der Waals surface area contributed by atoms with Crippen LogP contribution in [0.4, 0.5) is 0 Å². The van der Waals surface area contributed by atoms with Gasteiger partial charge in [0.1, 0.15) is 19.3 Å². The van der Waals surface area contributed by atoms with Crippen LogP contribution < -0.4 is 0 Å². The summed E-state index contributed by atoms with van der Waals surface area (Å²) in [7, 11) is -9.92. The maximum atomic E-state index is 13.1. The first-order chi connectivity index (χ1) is 48.2. The van der Waals surface area contributed by atoms with Gasteiger partial charge in [0.25, 0.3) is 0 Å². The van der Waals surface area contributed by atoms with E-state index in [0.717, 1.165) is 108 Å². The topological polar surface area (TPSA) is 237 Å². The first kappa shape index (κ1) is 98.1. The molecular formula is C81H158O17P2. The van der Waals surface area contributed by atoms with Crippen molar-refractivity contribution in [1.82, 2.24) is 0 Å². The molecule has 0 bridgehead atoms. The van der Waals surface area contributed by atoms with Crippen molar-refractivity contribution in [2.24, 2.45) is 17.8 Å². The highest BCUT2D eigenvalue weighted by molar-refractivity contribution is 7.47. The normalized spacial score (nSPS) is 14.0. The third-order valence-corrected chi connectivity index (χ3v) is 20.8. The summed E-state index contributed by atoms with van der Waals surface area (Å²) in [4.78, 5) is 72.9. The second-order valence-corrected chi connectivity index (χ2v) is 33.5. The molecule has 5 atom stereocenters. The molecule has 0 saturated carbocycles. The zero-order valence-electron chi connectivity index (χ0n) is 65.7. The zero-order valence-corrected chi connectivity index (χ0v) is 67.5. The number of phosphoric ester groups is 2. The quantitative estimate of drug-likeness (QED) is 0.0222. The summed E-state index contributed by atoms with van der Waals surface area (Å²) in [5.74, 6) is 0.0989. The van der Waals surface area contributed by atoms with E-state index in [2.05, 4.69) is 48.5 Å². The van der Waals surface area contributed by atoms with Crippen molar-refractivity contribution in [2.75, 3.05) is 39.6 Å². The van der Waals surface area contributed by atoms with Crippen LogP contribution in [-0.2, 0) is 65.4 Å². The Morgan fingerprint density at radius 1 is 0.270 bits per heavy atom. The highest BCUT2D eigenvalue weighted by Gasteiger charge is 2.30. The van der Waals surface area contributed by atoms with E-state index in [4.69, 9.17) is 37.0 Å². The molecule has 0 radical (unpaired) electrons. The summed E-state index contributed by atoms with van der Waals surface area (Å²) in [6, 6.07) is 0. The van der Waals surface area contributed by atoms with E-state index in [1.54, 1.807) is 0 Å². The third kappa shape index (κ3) is 74.3. The van der Waals surface area contributed by atoms with Gasteiger partial charge in [0.2, 0.25) is 0 Å². The maximum Gasteiger partial charge on any atom is 0.472 e. The van der Waals surface area contributed by atoms with Gasteiger partial charge >= 0.3 is 39.5 Å². The van der Waals surface area contributed by atoms with Crippen molar-refractivity contribution < 1.29 is 80.2 Å². The molecule has 0 heterocycles. The molecule has 0 aliphatic heterocycles. The van der Waals surface area contributed by atoms with Gasteiger partial charge in [0.15, 0.2) is 12.2 Å². The number of aliphatic hydroxyl groups is 1. The van der Waals surface area contributed by atoms with Crippen molar-refractivity contribution in [1.29, 1.82) is 0 Å². The molecule has 0 rings (SSSR count). The SMILES string of the molecule is CCCCCCCCCCCCCCCCCCCCCCCCC(=O)O[C@H](COC(=O)CCCCCCCCCCCCCCCCC(C)C)COP(=O)(O)OC[C@@H](O)COP(=O)(O)OC[C@@H](COC(=O)CCCCCCCCC(C)C)OC(=O)CCCCCCCCCCCC(C)C. The molecule has 0 aromatic rings. The molecule has 0 aliphatic carbocycles. The van der Waals surface area contributed by atoms with E-state index in [1.165, 1.54) is 225 Å². The number of rotatable bonds is 79. The van der Waals surface area contributed by atoms with Crippen molar-refractivity contribution in [3.8, 4) is 0 Å². The molecule has 2 unspecified atom stereocenters. The monoisotopic (exact) mass is 1470 g/mol. The number of carbonyl (C=O) groups is 4. The summed E-state index contributed by atoms with van der Waals surface area (Å²) < 4.78 is 68.6. The number of carbonyl (C=O) groups excluding carboxylic acids is 4. The largest absolute Gasteiger partial charge is 0.472 e. The Hall–Kier alpha value is -1.94. The van der Waals surface area contributed by atoms with Crippen LogP contribution in [0, 0.1) is 17.8 Å². The van der Waals surface area contributed by atoms with Crippen LogP contribution >= 0.6 is 15.6 Å². The molecule has 100 heavy (non-hydrogen) atoms. The Morgan fingerprint density at radius 3 is 0.680 bits per heavy atom. The van der Waals surface area contributed by atoms with Gasteiger partial charge in [-0.3, -0.25) is 37.3 Å². The molecule has 0 spiro atoms. The number of aliphatic hydroxyl groups excluding tert-OH is 1. The van der Waals surface area contributed by atoms with Gasteiger partial charge in [0, 0.05) is 25.7 Å². The number of hydrogen-bond donors (Lipinski definition) is 3. The second kappa shape index (κ2) is 71.3. The first-order valence-electron chi connectivity index (χ1n) is 41.8. The molecule has 19 heteroatoms. The lowest BCUT2D eigenvalue weighted by molar-refractivity contribution is -0.161. The lowest BCUT2D eigenvalue weighted by Gasteiger charge is -2.21. The van der Waals surface area contributed by atoms with Gasteiger partial charge in [-0.05, 0) is 43.4 Å². The molecule has 3 N–H and O–H groups in total. The molecule has 0 aliphatic rings. The molecule has 0 aromatic heterocycles. The van der Waals surface area contributed by atoms with Crippen molar-refractivity contribution in [3.63, 3.8) is 0 Å². The van der Waals surface area contributed by atoms with E-state index in [1.807, 2.05) is 0 Å². The summed E-state index contributed by atoms with van der Waals surface area (Å²) in [5, 5.41) is 10.6. The van der Waals surface area contributed by atoms with E-state index in [-0.39, 0.29) is 25.7 Å². The first-order valence-corrected chi connectivity index (χ1v) is 44.8. The summed E-state index contributed by atoms with van der Waals surface area (Å²) in [5.41, 5.74) is 0. The fourth-order valence-corrected chi connectivity index (χ4v) is 14.1.